The minimum absolute atomic E-state index is 0.582. The van der Waals surface area contributed by atoms with E-state index in [1.54, 1.807) is 0 Å². The van der Waals surface area contributed by atoms with Crippen LogP contribution in [0.3, 0.4) is 0 Å². The summed E-state index contributed by atoms with van der Waals surface area (Å²) in [6.45, 7) is 3.38. The monoisotopic (exact) mass is 233 g/mol. The van der Waals surface area contributed by atoms with Crippen LogP contribution in [-0.4, -0.2) is 11.5 Å². The van der Waals surface area contributed by atoms with Crippen molar-refractivity contribution in [1.29, 1.82) is 0 Å². The van der Waals surface area contributed by atoms with E-state index in [2.05, 4.69) is 17.2 Å². The normalized spacial score (nSPS) is 24.5. The molecule has 3 nitrogen and oxygen atoms in total. The van der Waals surface area contributed by atoms with Gasteiger partial charge >= 0.3 is 0 Å². The van der Waals surface area contributed by atoms with E-state index in [0.717, 1.165) is 24.1 Å². The van der Waals surface area contributed by atoms with Crippen molar-refractivity contribution >= 4 is 11.5 Å². The molecule has 1 aliphatic rings. The highest BCUT2D eigenvalue weighted by Gasteiger charge is 2.19. The fourth-order valence-electron chi connectivity index (χ4n) is 2.62. The van der Waals surface area contributed by atoms with Gasteiger partial charge in [-0.1, -0.05) is 26.2 Å². The number of nitrogen functional groups attached to an aromatic ring is 1. The van der Waals surface area contributed by atoms with Gasteiger partial charge in [0.15, 0.2) is 0 Å². The first kappa shape index (κ1) is 12.2. The molecule has 0 unspecified atom stereocenters. The van der Waals surface area contributed by atoms with Crippen molar-refractivity contribution in [2.75, 3.05) is 17.6 Å². The zero-order valence-electron chi connectivity index (χ0n) is 10.7. The summed E-state index contributed by atoms with van der Waals surface area (Å²) in [5.74, 6) is 2.39. The zero-order chi connectivity index (χ0) is 12.1. The van der Waals surface area contributed by atoms with Gasteiger partial charge in [-0.05, 0) is 36.8 Å². The molecule has 0 aromatic carbocycles. The second-order valence-electron chi connectivity index (χ2n) is 5.15. The molecule has 1 heterocycles. The molecule has 1 aromatic rings. The van der Waals surface area contributed by atoms with Crippen LogP contribution in [0.5, 0.6) is 0 Å². The third kappa shape index (κ3) is 3.62. The quantitative estimate of drug-likeness (QED) is 0.839. The summed E-state index contributed by atoms with van der Waals surface area (Å²) in [7, 11) is 0. The number of anilines is 2. The smallest absolute Gasteiger partial charge is 0.123 e. The second kappa shape index (κ2) is 5.89. The average Bonchev–Trinajstić information content (AvgIpc) is 2.39. The number of nitrogens with one attached hydrogen (secondary N) is 1. The van der Waals surface area contributed by atoms with Crippen LogP contribution in [0.15, 0.2) is 18.3 Å². The third-order valence-corrected chi connectivity index (χ3v) is 3.92. The topological polar surface area (TPSA) is 50.9 Å². The molecular formula is C14H23N3. The molecular weight excluding hydrogens is 210 g/mol. The lowest BCUT2D eigenvalue weighted by Gasteiger charge is -2.28. The van der Waals surface area contributed by atoms with Crippen LogP contribution in [-0.2, 0) is 0 Å². The fraction of sp³-hybridized carbons (Fsp3) is 0.643. The van der Waals surface area contributed by atoms with Gasteiger partial charge in [-0.3, -0.25) is 0 Å². The van der Waals surface area contributed by atoms with Gasteiger partial charge in [0.05, 0.1) is 11.9 Å². The molecule has 1 saturated carbocycles. The summed E-state index contributed by atoms with van der Waals surface area (Å²) in [5.41, 5.74) is 6.64. The first-order chi connectivity index (χ1) is 8.28. The zero-order valence-corrected chi connectivity index (χ0v) is 10.7. The molecule has 0 spiro atoms. The SMILES string of the molecule is CCC1CCC(CNc2ccc(N)nc2)CC1. The molecule has 1 fully saturated rings. The number of rotatable bonds is 4. The molecule has 1 aromatic heterocycles. The molecule has 2 rings (SSSR count). The van der Waals surface area contributed by atoms with Crippen LogP contribution >= 0.6 is 0 Å². The Balaban J connectivity index is 1.74. The van der Waals surface area contributed by atoms with Gasteiger partial charge in [0.1, 0.15) is 5.82 Å². The lowest BCUT2D eigenvalue weighted by Crippen LogP contribution is -2.21. The maximum atomic E-state index is 5.56. The fourth-order valence-corrected chi connectivity index (χ4v) is 2.62. The highest BCUT2D eigenvalue weighted by Crippen LogP contribution is 2.30. The molecule has 0 bridgehead atoms. The Bertz CT molecular complexity index is 326. The Hall–Kier alpha value is -1.25. The van der Waals surface area contributed by atoms with Gasteiger partial charge in [0, 0.05) is 6.54 Å². The van der Waals surface area contributed by atoms with E-state index in [4.69, 9.17) is 5.73 Å². The first-order valence-electron chi connectivity index (χ1n) is 6.73. The highest BCUT2D eigenvalue weighted by molar-refractivity contribution is 5.45. The average molecular weight is 233 g/mol. The summed E-state index contributed by atoms with van der Waals surface area (Å²) in [5, 5.41) is 3.46. The minimum Gasteiger partial charge on any atom is -0.384 e. The number of nitrogens with two attached hydrogens (primary N) is 1. The summed E-state index contributed by atoms with van der Waals surface area (Å²) >= 11 is 0. The van der Waals surface area contributed by atoms with E-state index in [1.807, 2.05) is 18.3 Å². The van der Waals surface area contributed by atoms with E-state index in [9.17, 15) is 0 Å². The van der Waals surface area contributed by atoms with E-state index in [0.29, 0.717) is 5.82 Å². The number of pyridine rings is 1. The third-order valence-electron chi connectivity index (χ3n) is 3.92. The lowest BCUT2D eigenvalue weighted by atomic mass is 9.81. The standard InChI is InChI=1S/C14H23N3/c1-2-11-3-5-12(6-4-11)9-16-13-7-8-14(15)17-10-13/h7-8,10-12,16H,2-6,9H2,1H3,(H2,15,17). The number of hydrogen-bond donors (Lipinski definition) is 2. The van der Waals surface area contributed by atoms with Crippen LogP contribution in [0.4, 0.5) is 11.5 Å². The van der Waals surface area contributed by atoms with Gasteiger partial charge in [-0.25, -0.2) is 4.98 Å². The van der Waals surface area contributed by atoms with Crippen molar-refractivity contribution in [1.82, 2.24) is 4.98 Å². The Morgan fingerprint density at radius 2 is 1.94 bits per heavy atom. The van der Waals surface area contributed by atoms with Crippen LogP contribution < -0.4 is 11.1 Å². The van der Waals surface area contributed by atoms with Crippen LogP contribution in [0.1, 0.15) is 39.0 Å². The summed E-state index contributed by atoms with van der Waals surface area (Å²) in [6, 6.07) is 3.84. The molecule has 0 atom stereocenters. The second-order valence-corrected chi connectivity index (χ2v) is 5.15. The maximum absolute atomic E-state index is 5.56. The van der Waals surface area contributed by atoms with Crippen molar-refractivity contribution in [2.24, 2.45) is 11.8 Å². The predicted molar refractivity (Wildman–Crippen MR) is 72.9 cm³/mol. The highest BCUT2D eigenvalue weighted by atomic mass is 14.9. The van der Waals surface area contributed by atoms with Gasteiger partial charge in [0.25, 0.3) is 0 Å². The molecule has 17 heavy (non-hydrogen) atoms. The minimum atomic E-state index is 0.582. The molecule has 3 N–H and O–H groups in total. The molecule has 94 valence electrons. The number of nitrogens with zero attached hydrogens (tertiary/aromatic N) is 1. The molecule has 0 aliphatic heterocycles. The molecule has 0 amide bonds. The Kier molecular flexibility index (Phi) is 4.24. The van der Waals surface area contributed by atoms with Gasteiger partial charge in [-0.2, -0.15) is 0 Å². The largest absolute Gasteiger partial charge is 0.384 e. The van der Waals surface area contributed by atoms with Crippen LogP contribution in [0.2, 0.25) is 0 Å². The van der Waals surface area contributed by atoms with E-state index < -0.39 is 0 Å². The first-order valence-corrected chi connectivity index (χ1v) is 6.73. The van der Waals surface area contributed by atoms with Crippen molar-refractivity contribution < 1.29 is 0 Å². The van der Waals surface area contributed by atoms with Gasteiger partial charge < -0.3 is 11.1 Å². The molecule has 0 radical (unpaired) electrons. The van der Waals surface area contributed by atoms with Crippen LogP contribution in [0, 0.1) is 11.8 Å². The lowest BCUT2D eigenvalue weighted by molar-refractivity contribution is 0.278. The summed E-state index contributed by atoms with van der Waals surface area (Å²) in [6.07, 6.45) is 8.71. The van der Waals surface area contributed by atoms with Crippen molar-refractivity contribution in [3.8, 4) is 0 Å². The van der Waals surface area contributed by atoms with Crippen molar-refractivity contribution in [2.45, 2.75) is 39.0 Å². The van der Waals surface area contributed by atoms with E-state index in [1.165, 1.54) is 32.1 Å². The molecule has 3 heteroatoms. The number of aromatic nitrogens is 1. The van der Waals surface area contributed by atoms with E-state index >= 15 is 0 Å². The Morgan fingerprint density at radius 3 is 2.53 bits per heavy atom. The Morgan fingerprint density at radius 1 is 1.24 bits per heavy atom. The van der Waals surface area contributed by atoms with Crippen molar-refractivity contribution in [3.05, 3.63) is 18.3 Å². The van der Waals surface area contributed by atoms with Crippen LogP contribution in [0.25, 0.3) is 0 Å². The van der Waals surface area contributed by atoms with Crippen molar-refractivity contribution in [3.63, 3.8) is 0 Å². The van der Waals surface area contributed by atoms with E-state index in [-0.39, 0.29) is 0 Å². The molecule has 0 saturated heterocycles. The number of hydrogen-bond acceptors (Lipinski definition) is 3. The van der Waals surface area contributed by atoms with Gasteiger partial charge in [-0.15, -0.1) is 0 Å². The summed E-state index contributed by atoms with van der Waals surface area (Å²) in [4.78, 5) is 4.08. The maximum Gasteiger partial charge on any atom is 0.123 e. The Labute approximate surface area is 104 Å². The molecule has 1 aliphatic carbocycles. The summed E-state index contributed by atoms with van der Waals surface area (Å²) < 4.78 is 0. The predicted octanol–water partition coefficient (Wildman–Crippen LogP) is 3.29. The van der Waals surface area contributed by atoms with Gasteiger partial charge in [0.2, 0.25) is 0 Å².